The highest BCUT2D eigenvalue weighted by Gasteiger charge is 2.15. The highest BCUT2D eigenvalue weighted by molar-refractivity contribution is 6.29. The van der Waals surface area contributed by atoms with Crippen molar-refractivity contribution in [3.05, 3.63) is 0 Å². The van der Waals surface area contributed by atoms with E-state index in [1.165, 1.54) is 51.4 Å². The predicted octanol–water partition coefficient (Wildman–Crippen LogP) is 6.77. The SMILES string of the molecule is CCCCCCCCCCC[C@H](Cl)[C@@H](Cl)CCCCC(=O)O. The topological polar surface area (TPSA) is 37.3 Å². The summed E-state index contributed by atoms with van der Waals surface area (Å²) >= 11 is 12.6. The average Bonchev–Trinajstić information content (AvgIpc) is 2.49. The Balaban J connectivity index is 3.36. The van der Waals surface area contributed by atoms with Crippen LogP contribution in [-0.2, 0) is 4.79 Å². The summed E-state index contributed by atoms with van der Waals surface area (Å²) in [6, 6.07) is 0. The highest BCUT2D eigenvalue weighted by Crippen LogP contribution is 2.22. The molecule has 0 saturated carbocycles. The Kier molecular flexibility index (Phi) is 16.0. The van der Waals surface area contributed by atoms with E-state index in [9.17, 15) is 4.79 Å². The first-order chi connectivity index (χ1) is 10.6. The predicted molar refractivity (Wildman–Crippen MR) is 97.2 cm³/mol. The van der Waals surface area contributed by atoms with Crippen LogP contribution < -0.4 is 0 Å². The van der Waals surface area contributed by atoms with Crippen LogP contribution in [0.1, 0.15) is 96.8 Å². The van der Waals surface area contributed by atoms with Gasteiger partial charge in [-0.25, -0.2) is 0 Å². The molecule has 2 atom stereocenters. The molecule has 0 aliphatic carbocycles. The first-order valence-electron chi connectivity index (χ1n) is 9.07. The van der Waals surface area contributed by atoms with Crippen molar-refractivity contribution in [2.24, 2.45) is 0 Å². The van der Waals surface area contributed by atoms with E-state index in [0.717, 1.165) is 25.7 Å². The Morgan fingerprint density at radius 3 is 1.64 bits per heavy atom. The van der Waals surface area contributed by atoms with E-state index in [4.69, 9.17) is 28.3 Å². The number of halogens is 2. The van der Waals surface area contributed by atoms with E-state index in [1.54, 1.807) is 0 Å². The van der Waals surface area contributed by atoms with Gasteiger partial charge < -0.3 is 5.11 Å². The van der Waals surface area contributed by atoms with Crippen LogP contribution in [0.4, 0.5) is 0 Å². The smallest absolute Gasteiger partial charge is 0.303 e. The summed E-state index contributed by atoms with van der Waals surface area (Å²) < 4.78 is 0. The normalized spacial score (nSPS) is 14.0. The molecule has 0 saturated heterocycles. The van der Waals surface area contributed by atoms with Gasteiger partial charge in [0.15, 0.2) is 0 Å². The van der Waals surface area contributed by atoms with Crippen LogP contribution in [-0.4, -0.2) is 21.8 Å². The molecule has 0 amide bonds. The molecule has 0 fully saturated rings. The molecular formula is C18H34Cl2O2. The van der Waals surface area contributed by atoms with Crippen molar-refractivity contribution >= 4 is 29.2 Å². The van der Waals surface area contributed by atoms with E-state index in [1.807, 2.05) is 0 Å². The van der Waals surface area contributed by atoms with Crippen LogP contribution >= 0.6 is 23.2 Å². The van der Waals surface area contributed by atoms with Crippen molar-refractivity contribution in [1.29, 1.82) is 0 Å². The Hall–Kier alpha value is 0.0500. The van der Waals surface area contributed by atoms with E-state index < -0.39 is 5.97 Å². The van der Waals surface area contributed by atoms with Gasteiger partial charge in [0.1, 0.15) is 0 Å². The summed E-state index contributed by atoms with van der Waals surface area (Å²) in [4.78, 5) is 10.4. The number of rotatable bonds is 16. The fourth-order valence-corrected chi connectivity index (χ4v) is 3.19. The molecule has 0 rings (SSSR count). The maximum Gasteiger partial charge on any atom is 0.303 e. The largest absolute Gasteiger partial charge is 0.481 e. The lowest BCUT2D eigenvalue weighted by molar-refractivity contribution is -0.137. The van der Waals surface area contributed by atoms with Gasteiger partial charge in [-0.1, -0.05) is 71.1 Å². The summed E-state index contributed by atoms with van der Waals surface area (Å²) in [6.07, 6.45) is 15.4. The number of carboxylic acids is 1. The first kappa shape index (κ1) is 22.1. The summed E-state index contributed by atoms with van der Waals surface area (Å²) in [5.74, 6) is -0.733. The van der Waals surface area contributed by atoms with Crippen LogP contribution in [0.25, 0.3) is 0 Å². The van der Waals surface area contributed by atoms with Crippen LogP contribution in [0.3, 0.4) is 0 Å². The maximum atomic E-state index is 10.4. The van der Waals surface area contributed by atoms with Crippen LogP contribution in [0, 0.1) is 0 Å². The lowest BCUT2D eigenvalue weighted by Gasteiger charge is -2.15. The minimum Gasteiger partial charge on any atom is -0.481 e. The lowest BCUT2D eigenvalue weighted by atomic mass is 10.0. The number of hydrogen-bond donors (Lipinski definition) is 1. The second kappa shape index (κ2) is 15.9. The standard InChI is InChI=1S/C18H34Cl2O2/c1-2-3-4-5-6-7-8-9-10-13-16(19)17(20)14-11-12-15-18(21)22/h16-17H,2-15H2,1H3,(H,21,22)/t16-,17-/m0/s1. The number of hydrogen-bond acceptors (Lipinski definition) is 1. The van der Waals surface area contributed by atoms with Gasteiger partial charge in [0.05, 0.1) is 0 Å². The molecule has 22 heavy (non-hydrogen) atoms. The second-order valence-electron chi connectivity index (χ2n) is 6.29. The van der Waals surface area contributed by atoms with Crippen molar-refractivity contribution < 1.29 is 9.90 Å². The van der Waals surface area contributed by atoms with Crippen molar-refractivity contribution in [1.82, 2.24) is 0 Å². The fraction of sp³-hybridized carbons (Fsp3) is 0.944. The van der Waals surface area contributed by atoms with Gasteiger partial charge in [0, 0.05) is 17.2 Å². The third kappa shape index (κ3) is 15.0. The van der Waals surface area contributed by atoms with Gasteiger partial charge in [-0.3, -0.25) is 4.79 Å². The molecular weight excluding hydrogens is 319 g/mol. The number of carboxylic acid groups (broad SMARTS) is 1. The van der Waals surface area contributed by atoms with Crippen molar-refractivity contribution in [3.8, 4) is 0 Å². The van der Waals surface area contributed by atoms with Gasteiger partial charge >= 0.3 is 5.97 Å². The summed E-state index contributed by atoms with van der Waals surface area (Å²) in [7, 11) is 0. The zero-order valence-corrected chi connectivity index (χ0v) is 15.7. The summed E-state index contributed by atoms with van der Waals surface area (Å²) in [6.45, 7) is 2.25. The van der Waals surface area contributed by atoms with Gasteiger partial charge in [-0.05, 0) is 19.3 Å². The monoisotopic (exact) mass is 352 g/mol. The third-order valence-electron chi connectivity index (χ3n) is 4.10. The van der Waals surface area contributed by atoms with Crippen LogP contribution in [0.5, 0.6) is 0 Å². The second-order valence-corrected chi connectivity index (χ2v) is 7.41. The average molecular weight is 353 g/mol. The zero-order chi connectivity index (χ0) is 16.6. The quantitative estimate of drug-likeness (QED) is 0.246. The molecule has 0 aliphatic heterocycles. The van der Waals surface area contributed by atoms with Crippen LogP contribution in [0.15, 0.2) is 0 Å². The van der Waals surface area contributed by atoms with Crippen LogP contribution in [0.2, 0.25) is 0 Å². The van der Waals surface area contributed by atoms with Crippen molar-refractivity contribution in [3.63, 3.8) is 0 Å². The summed E-state index contributed by atoms with van der Waals surface area (Å²) in [5, 5.41) is 8.58. The number of aliphatic carboxylic acids is 1. The molecule has 4 heteroatoms. The highest BCUT2D eigenvalue weighted by atomic mass is 35.5. The molecule has 0 aromatic carbocycles. The Bertz CT molecular complexity index is 259. The molecule has 0 aromatic heterocycles. The number of carbonyl (C=O) groups is 1. The molecule has 0 bridgehead atoms. The minimum absolute atomic E-state index is 0.0236. The van der Waals surface area contributed by atoms with Gasteiger partial charge in [0.25, 0.3) is 0 Å². The van der Waals surface area contributed by atoms with E-state index in [-0.39, 0.29) is 17.2 Å². The molecule has 0 heterocycles. The molecule has 0 aromatic rings. The molecule has 1 N–H and O–H groups in total. The minimum atomic E-state index is -0.733. The van der Waals surface area contributed by atoms with E-state index in [0.29, 0.717) is 6.42 Å². The Morgan fingerprint density at radius 2 is 1.18 bits per heavy atom. The fourth-order valence-electron chi connectivity index (χ4n) is 2.63. The molecule has 132 valence electrons. The molecule has 2 nitrogen and oxygen atoms in total. The van der Waals surface area contributed by atoms with Crippen molar-refractivity contribution in [2.45, 2.75) is 108 Å². The first-order valence-corrected chi connectivity index (χ1v) is 9.95. The maximum absolute atomic E-state index is 10.4. The number of unbranched alkanes of at least 4 members (excludes halogenated alkanes) is 9. The van der Waals surface area contributed by atoms with Gasteiger partial charge in [0.2, 0.25) is 0 Å². The lowest BCUT2D eigenvalue weighted by Crippen LogP contribution is -2.15. The third-order valence-corrected chi connectivity index (χ3v) is 5.27. The zero-order valence-electron chi connectivity index (χ0n) is 14.2. The summed E-state index contributed by atoms with van der Waals surface area (Å²) in [5.41, 5.74) is 0. The van der Waals surface area contributed by atoms with Gasteiger partial charge in [-0.2, -0.15) is 0 Å². The number of alkyl halides is 2. The van der Waals surface area contributed by atoms with E-state index >= 15 is 0 Å². The Morgan fingerprint density at radius 1 is 0.773 bits per heavy atom. The molecule has 0 radical (unpaired) electrons. The van der Waals surface area contributed by atoms with Crippen molar-refractivity contribution in [2.75, 3.05) is 0 Å². The Labute approximate surface area is 147 Å². The molecule has 0 spiro atoms. The molecule has 0 aliphatic rings. The van der Waals surface area contributed by atoms with Gasteiger partial charge in [-0.15, -0.1) is 23.2 Å². The molecule has 0 unspecified atom stereocenters. The van der Waals surface area contributed by atoms with E-state index in [2.05, 4.69) is 6.92 Å².